The predicted octanol–water partition coefficient (Wildman–Crippen LogP) is 5.34. The Labute approximate surface area is 257 Å². The maximum absolute atomic E-state index is 11.9. The van der Waals surface area contributed by atoms with Gasteiger partial charge in [-0.3, -0.25) is 24.8 Å². The van der Waals surface area contributed by atoms with Gasteiger partial charge in [0.15, 0.2) is 6.54 Å². The summed E-state index contributed by atoms with van der Waals surface area (Å²) >= 11 is 1.51. The molecule has 1 aliphatic rings. The molecule has 4 aromatic rings. The van der Waals surface area contributed by atoms with Gasteiger partial charge < -0.3 is 10.6 Å². The quantitative estimate of drug-likeness (QED) is 0.101. The lowest BCUT2D eigenvalue weighted by molar-refractivity contribution is -0.659. The summed E-state index contributed by atoms with van der Waals surface area (Å²) in [4.78, 5) is 23.6. The maximum atomic E-state index is 11.9. The number of benzene rings is 3. The van der Waals surface area contributed by atoms with Crippen molar-refractivity contribution in [1.29, 1.82) is 0 Å². The molecule has 3 N–H and O–H groups in total. The Bertz CT molecular complexity index is 1930. The number of allylic oxidation sites excluding steroid dienone is 3. The van der Waals surface area contributed by atoms with Gasteiger partial charge in [0.05, 0.1) is 20.8 Å². The molecule has 1 aromatic heterocycles. The average Bonchev–Trinajstić information content (AvgIpc) is 3.42. The van der Waals surface area contributed by atoms with Crippen LogP contribution in [0, 0.1) is 20.2 Å². The zero-order valence-corrected chi connectivity index (χ0v) is 25.5. The van der Waals surface area contributed by atoms with Gasteiger partial charge in [0, 0.05) is 53.2 Å². The van der Waals surface area contributed by atoms with Gasteiger partial charge in [-0.2, -0.15) is 13.0 Å². The highest BCUT2D eigenvalue weighted by Crippen LogP contribution is 2.48. The van der Waals surface area contributed by atoms with Crippen LogP contribution in [-0.4, -0.2) is 35.9 Å². The van der Waals surface area contributed by atoms with Gasteiger partial charge in [0.25, 0.3) is 26.5 Å². The molecule has 0 saturated heterocycles. The molecular formula is C30H30N5O7S2+. The van der Waals surface area contributed by atoms with E-state index in [0.717, 1.165) is 38.2 Å². The summed E-state index contributed by atoms with van der Waals surface area (Å²) in [5.41, 5.74) is 8.30. The minimum absolute atomic E-state index is 0.167. The van der Waals surface area contributed by atoms with E-state index < -0.39 is 25.4 Å². The number of nitrogens with two attached hydrogens (primary N) is 1. The lowest BCUT2D eigenvalue weighted by atomic mass is 9.83. The number of rotatable bonds is 10. The minimum atomic E-state index is -4.39. The SMILES string of the molecule is CC1(C)/C(=C/C=C/c2sc3ccccc3[n+]2Cc2cc([N+](=O)[O-])cc([N+](=O)[O-])c2)N(CCCN)c2ccc(S(=O)(=O)O)cc21. The molecule has 0 amide bonds. The molecule has 1 aliphatic heterocycles. The van der Waals surface area contributed by atoms with Crippen LogP contribution in [-0.2, 0) is 22.1 Å². The summed E-state index contributed by atoms with van der Waals surface area (Å²) in [6.07, 6.45) is 6.45. The highest BCUT2D eigenvalue weighted by atomic mass is 32.2. The first-order chi connectivity index (χ1) is 20.8. The van der Waals surface area contributed by atoms with E-state index in [4.69, 9.17) is 5.73 Å². The van der Waals surface area contributed by atoms with E-state index in [-0.39, 0.29) is 22.8 Å². The maximum Gasteiger partial charge on any atom is 0.294 e. The van der Waals surface area contributed by atoms with E-state index in [1.54, 1.807) is 6.07 Å². The largest absolute Gasteiger partial charge is 0.344 e. The number of hydrogen-bond acceptors (Lipinski definition) is 9. The summed E-state index contributed by atoms with van der Waals surface area (Å²) in [5, 5.41) is 23.8. The Kier molecular flexibility index (Phi) is 8.36. The van der Waals surface area contributed by atoms with Crippen LogP contribution in [0.2, 0.25) is 0 Å². The van der Waals surface area contributed by atoms with Crippen molar-refractivity contribution in [3.05, 3.63) is 115 Å². The molecule has 0 aliphatic carbocycles. The van der Waals surface area contributed by atoms with Crippen molar-refractivity contribution in [3.63, 3.8) is 0 Å². The number of fused-ring (bicyclic) bond motifs is 2. The normalized spacial score (nSPS) is 15.4. The van der Waals surface area contributed by atoms with Gasteiger partial charge in [-0.05, 0) is 48.9 Å². The second-order valence-corrected chi connectivity index (χ2v) is 13.3. The second kappa shape index (κ2) is 11.9. The second-order valence-electron chi connectivity index (χ2n) is 10.8. The minimum Gasteiger partial charge on any atom is -0.344 e. The Morgan fingerprint density at radius 1 is 1.05 bits per heavy atom. The molecule has 0 bridgehead atoms. The number of nitrogens with zero attached hydrogens (tertiary/aromatic N) is 4. The number of anilines is 1. The highest BCUT2D eigenvalue weighted by Gasteiger charge is 2.40. The molecule has 0 fully saturated rings. The monoisotopic (exact) mass is 636 g/mol. The third-order valence-electron chi connectivity index (χ3n) is 7.60. The zero-order valence-electron chi connectivity index (χ0n) is 23.9. The topological polar surface area (TPSA) is 174 Å². The number of non-ortho nitro benzene ring substituents is 2. The summed E-state index contributed by atoms with van der Waals surface area (Å²) in [6, 6.07) is 15.9. The number of para-hydroxylation sites is 1. The molecule has 5 rings (SSSR count). The molecular weight excluding hydrogens is 606 g/mol. The number of hydrogen-bond donors (Lipinski definition) is 2. The van der Waals surface area contributed by atoms with Crippen molar-refractivity contribution in [2.45, 2.75) is 37.1 Å². The first-order valence-corrected chi connectivity index (χ1v) is 15.9. The molecule has 3 aromatic carbocycles. The summed E-state index contributed by atoms with van der Waals surface area (Å²) < 4.78 is 36.3. The van der Waals surface area contributed by atoms with E-state index in [2.05, 4.69) is 4.90 Å². The molecule has 44 heavy (non-hydrogen) atoms. The van der Waals surface area contributed by atoms with Crippen LogP contribution in [0.4, 0.5) is 17.1 Å². The van der Waals surface area contributed by atoms with Crippen LogP contribution in [0.15, 0.2) is 83.4 Å². The van der Waals surface area contributed by atoms with Crippen LogP contribution in [0.1, 0.15) is 36.4 Å². The standard InChI is InChI=1S/C30H29N5O7S2/c1-30(2)24-18-23(44(40,41)42)11-12-25(24)32(14-6-13-31)28(30)9-5-10-29-33(26-7-3-4-8-27(26)43-29)19-20-15-21(34(36)37)17-22(16-20)35(38)39/h3-5,7-12,15-18H,6,13-14,19,31H2,1-2H3/p+1. The van der Waals surface area contributed by atoms with Crippen LogP contribution < -0.4 is 15.2 Å². The van der Waals surface area contributed by atoms with Crippen molar-refractivity contribution >= 4 is 54.8 Å². The third kappa shape index (κ3) is 5.97. The fourth-order valence-electron chi connectivity index (χ4n) is 5.51. The third-order valence-corrected chi connectivity index (χ3v) is 9.58. The first kappa shape index (κ1) is 30.9. The van der Waals surface area contributed by atoms with Crippen LogP contribution in [0.25, 0.3) is 16.3 Å². The van der Waals surface area contributed by atoms with Gasteiger partial charge in [-0.15, -0.1) is 0 Å². The molecule has 2 heterocycles. The van der Waals surface area contributed by atoms with Gasteiger partial charge in [-0.1, -0.05) is 43.4 Å². The Hall–Kier alpha value is -4.50. The molecule has 0 saturated carbocycles. The van der Waals surface area contributed by atoms with E-state index in [0.29, 0.717) is 25.1 Å². The Morgan fingerprint density at radius 3 is 2.36 bits per heavy atom. The lowest BCUT2D eigenvalue weighted by Gasteiger charge is -2.26. The number of nitro groups is 2. The first-order valence-electron chi connectivity index (χ1n) is 13.6. The molecule has 12 nitrogen and oxygen atoms in total. The molecule has 228 valence electrons. The van der Waals surface area contributed by atoms with Crippen LogP contribution in [0.5, 0.6) is 0 Å². The molecule has 0 spiro atoms. The van der Waals surface area contributed by atoms with Crippen molar-refractivity contribution in [2.24, 2.45) is 5.73 Å². The van der Waals surface area contributed by atoms with Gasteiger partial charge in [0.1, 0.15) is 4.70 Å². The smallest absolute Gasteiger partial charge is 0.294 e. The molecule has 0 radical (unpaired) electrons. The van der Waals surface area contributed by atoms with E-state index >= 15 is 0 Å². The Morgan fingerprint density at radius 2 is 1.73 bits per heavy atom. The Balaban J connectivity index is 1.57. The summed E-state index contributed by atoms with van der Waals surface area (Å²) in [5.74, 6) is 0. The zero-order chi connectivity index (χ0) is 31.8. The lowest BCUT2D eigenvalue weighted by Crippen LogP contribution is -2.35. The van der Waals surface area contributed by atoms with E-state index in [9.17, 15) is 33.2 Å². The van der Waals surface area contributed by atoms with E-state index in [1.165, 1.54) is 35.6 Å². The van der Waals surface area contributed by atoms with Gasteiger partial charge >= 0.3 is 0 Å². The molecule has 0 unspecified atom stereocenters. The number of nitro benzene ring substituents is 2. The van der Waals surface area contributed by atoms with Gasteiger partial charge in [-0.25, -0.2) is 0 Å². The highest BCUT2D eigenvalue weighted by molar-refractivity contribution is 7.85. The molecule has 14 heteroatoms. The summed E-state index contributed by atoms with van der Waals surface area (Å²) in [6.45, 7) is 5.20. The fourth-order valence-corrected chi connectivity index (χ4v) is 7.09. The number of thiazole rings is 1. The van der Waals surface area contributed by atoms with Crippen LogP contribution >= 0.6 is 11.3 Å². The van der Waals surface area contributed by atoms with Crippen LogP contribution in [0.3, 0.4) is 0 Å². The van der Waals surface area contributed by atoms with E-state index in [1.807, 2.05) is 60.9 Å². The molecule has 0 atom stereocenters. The predicted molar refractivity (Wildman–Crippen MR) is 168 cm³/mol. The average molecular weight is 637 g/mol. The summed E-state index contributed by atoms with van der Waals surface area (Å²) in [7, 11) is -4.39. The van der Waals surface area contributed by atoms with Gasteiger partial charge in [0.2, 0.25) is 5.52 Å². The number of aromatic nitrogens is 1. The van der Waals surface area contributed by atoms with Crippen molar-refractivity contribution in [3.8, 4) is 0 Å². The van der Waals surface area contributed by atoms with Crippen molar-refractivity contribution in [2.75, 3.05) is 18.0 Å². The van der Waals surface area contributed by atoms with Crippen molar-refractivity contribution < 1.29 is 27.4 Å². The van der Waals surface area contributed by atoms with Crippen molar-refractivity contribution in [1.82, 2.24) is 0 Å². The fraction of sp³-hybridized carbons (Fsp3) is 0.233.